The zero-order valence-electron chi connectivity index (χ0n) is 21.1. The van der Waals surface area contributed by atoms with Gasteiger partial charge in [0.1, 0.15) is 23.9 Å². The van der Waals surface area contributed by atoms with Gasteiger partial charge in [-0.3, -0.25) is 19.2 Å². The molecule has 0 saturated carbocycles. The maximum absolute atomic E-state index is 13.2. The van der Waals surface area contributed by atoms with Crippen molar-refractivity contribution in [1.29, 1.82) is 0 Å². The second kappa shape index (κ2) is 15.7. The Kier molecular flexibility index (Phi) is 13.5. The van der Waals surface area contributed by atoms with Crippen LogP contribution in [-0.4, -0.2) is 81.2 Å². The van der Waals surface area contributed by atoms with Crippen LogP contribution in [0.4, 0.5) is 0 Å². The van der Waals surface area contributed by atoms with Crippen molar-refractivity contribution in [3.05, 3.63) is 29.8 Å². The molecule has 13 heteroatoms. The number of hydrogen-bond donors (Lipinski definition) is 7. The molecule has 37 heavy (non-hydrogen) atoms. The van der Waals surface area contributed by atoms with Gasteiger partial charge in [0.2, 0.25) is 17.7 Å². The fourth-order valence-corrected chi connectivity index (χ4v) is 3.75. The largest absolute Gasteiger partial charge is 0.508 e. The maximum atomic E-state index is 13.2. The molecule has 0 aliphatic carbocycles. The van der Waals surface area contributed by atoms with E-state index in [-0.39, 0.29) is 24.5 Å². The molecule has 0 spiro atoms. The molecule has 3 amide bonds. The van der Waals surface area contributed by atoms with Crippen LogP contribution in [0.5, 0.6) is 5.75 Å². The highest BCUT2D eigenvalue weighted by molar-refractivity contribution is 7.98. The van der Waals surface area contributed by atoms with Crippen molar-refractivity contribution >= 4 is 41.4 Å². The molecule has 12 nitrogen and oxygen atoms in total. The first-order valence-electron chi connectivity index (χ1n) is 11.8. The van der Waals surface area contributed by atoms with Crippen LogP contribution < -0.4 is 21.7 Å². The number of hydrogen-bond acceptors (Lipinski definition) is 8. The Hall–Kier alpha value is -3.32. The molecule has 0 radical (unpaired) electrons. The molecular formula is C24H36N4O8S. The van der Waals surface area contributed by atoms with Crippen LogP contribution in [0.25, 0.3) is 0 Å². The number of benzene rings is 1. The molecule has 5 unspecified atom stereocenters. The van der Waals surface area contributed by atoms with Crippen LogP contribution in [0.2, 0.25) is 0 Å². The van der Waals surface area contributed by atoms with Crippen molar-refractivity contribution in [3.8, 4) is 5.75 Å². The summed E-state index contributed by atoms with van der Waals surface area (Å²) in [6.45, 7) is 3.70. The van der Waals surface area contributed by atoms with Crippen molar-refractivity contribution in [3.63, 3.8) is 0 Å². The van der Waals surface area contributed by atoms with E-state index in [1.807, 2.05) is 20.1 Å². The molecule has 206 valence electrons. The molecule has 0 aliphatic rings. The standard InChI is InChI=1S/C24H36N4O8S/c1-4-13(2)20(25)23(34)26-16(9-10-37-3)21(32)27-17(11-14-5-7-15(29)8-6-14)22(33)28-18(24(35)36)12-19(30)31/h5-8,13,16-18,20,29H,4,9-12,25H2,1-3H3,(H,26,34)(H,27,32)(H,28,33)(H,30,31)(H,35,36). The predicted octanol–water partition coefficient (Wildman–Crippen LogP) is 0.0749. The number of carbonyl (C=O) groups excluding carboxylic acids is 3. The van der Waals surface area contributed by atoms with Crippen molar-refractivity contribution in [2.75, 3.05) is 12.0 Å². The fraction of sp³-hybridized carbons (Fsp3) is 0.542. The van der Waals surface area contributed by atoms with Crippen LogP contribution >= 0.6 is 11.8 Å². The molecule has 0 bridgehead atoms. The van der Waals surface area contributed by atoms with Gasteiger partial charge in [-0.25, -0.2) is 4.79 Å². The summed E-state index contributed by atoms with van der Waals surface area (Å²) in [5, 5.41) is 35.2. The van der Waals surface area contributed by atoms with E-state index >= 15 is 0 Å². The molecular weight excluding hydrogens is 504 g/mol. The normalized spacial score (nSPS) is 14.9. The van der Waals surface area contributed by atoms with E-state index < -0.39 is 60.2 Å². The molecule has 0 saturated heterocycles. The number of amides is 3. The van der Waals surface area contributed by atoms with Gasteiger partial charge in [0.15, 0.2) is 0 Å². The first-order valence-corrected chi connectivity index (χ1v) is 13.2. The van der Waals surface area contributed by atoms with Crippen LogP contribution in [-0.2, 0) is 30.4 Å². The zero-order valence-corrected chi connectivity index (χ0v) is 21.9. The SMILES string of the molecule is CCC(C)C(N)C(=O)NC(CCSC)C(=O)NC(Cc1ccc(O)cc1)C(=O)NC(CC(=O)O)C(=O)O. The summed E-state index contributed by atoms with van der Waals surface area (Å²) in [5.74, 6) is -4.70. The highest BCUT2D eigenvalue weighted by Gasteiger charge is 2.31. The topological polar surface area (TPSA) is 208 Å². The fourth-order valence-electron chi connectivity index (χ4n) is 3.28. The highest BCUT2D eigenvalue weighted by atomic mass is 32.2. The molecule has 5 atom stereocenters. The van der Waals surface area contributed by atoms with Gasteiger partial charge < -0.3 is 37.0 Å². The lowest BCUT2D eigenvalue weighted by atomic mass is 9.99. The Bertz CT molecular complexity index is 943. The second-order valence-electron chi connectivity index (χ2n) is 8.68. The number of phenols is 1. The van der Waals surface area contributed by atoms with Gasteiger partial charge in [0, 0.05) is 6.42 Å². The third-order valence-corrected chi connectivity index (χ3v) is 6.45. The molecule has 1 rings (SSSR count). The van der Waals surface area contributed by atoms with Crippen molar-refractivity contribution in [2.45, 2.75) is 63.7 Å². The summed E-state index contributed by atoms with van der Waals surface area (Å²) in [7, 11) is 0. The minimum absolute atomic E-state index is 0.0151. The number of carbonyl (C=O) groups is 5. The Morgan fingerprint density at radius 3 is 1.97 bits per heavy atom. The van der Waals surface area contributed by atoms with Gasteiger partial charge >= 0.3 is 11.9 Å². The summed E-state index contributed by atoms with van der Waals surface area (Å²) in [6, 6.07) is 0.937. The van der Waals surface area contributed by atoms with Crippen LogP contribution in [0.3, 0.4) is 0 Å². The Labute approximate surface area is 219 Å². The van der Waals surface area contributed by atoms with E-state index in [2.05, 4.69) is 16.0 Å². The monoisotopic (exact) mass is 540 g/mol. The molecule has 0 aliphatic heterocycles. The third kappa shape index (κ3) is 11.1. The number of rotatable bonds is 16. The van der Waals surface area contributed by atoms with Crippen molar-refractivity contribution in [2.24, 2.45) is 11.7 Å². The van der Waals surface area contributed by atoms with Gasteiger partial charge in [-0.2, -0.15) is 11.8 Å². The second-order valence-corrected chi connectivity index (χ2v) is 9.67. The quantitative estimate of drug-likeness (QED) is 0.150. The highest BCUT2D eigenvalue weighted by Crippen LogP contribution is 2.13. The van der Waals surface area contributed by atoms with E-state index in [9.17, 15) is 34.2 Å². The lowest BCUT2D eigenvalue weighted by Crippen LogP contribution is -2.58. The predicted molar refractivity (Wildman–Crippen MR) is 138 cm³/mol. The number of aromatic hydroxyl groups is 1. The van der Waals surface area contributed by atoms with Crippen LogP contribution in [0.15, 0.2) is 24.3 Å². The molecule has 1 aromatic carbocycles. The van der Waals surface area contributed by atoms with Gasteiger partial charge in [-0.15, -0.1) is 0 Å². The van der Waals surface area contributed by atoms with E-state index in [1.54, 1.807) is 0 Å². The molecule has 8 N–H and O–H groups in total. The van der Waals surface area contributed by atoms with Crippen LogP contribution in [0.1, 0.15) is 38.7 Å². The summed E-state index contributed by atoms with van der Waals surface area (Å²) in [4.78, 5) is 61.3. The third-order valence-electron chi connectivity index (χ3n) is 5.81. The average molecular weight is 541 g/mol. The summed E-state index contributed by atoms with van der Waals surface area (Å²) < 4.78 is 0. The number of phenolic OH excluding ortho intramolecular Hbond substituents is 1. The Morgan fingerprint density at radius 1 is 0.919 bits per heavy atom. The molecule has 0 aromatic heterocycles. The number of aliphatic carboxylic acids is 2. The van der Waals surface area contributed by atoms with Gasteiger partial charge in [0.05, 0.1) is 12.5 Å². The summed E-state index contributed by atoms with van der Waals surface area (Å²) in [6.07, 6.45) is 1.79. The molecule has 1 aromatic rings. The smallest absolute Gasteiger partial charge is 0.326 e. The van der Waals surface area contributed by atoms with Gasteiger partial charge in [0.25, 0.3) is 0 Å². The maximum Gasteiger partial charge on any atom is 0.326 e. The lowest BCUT2D eigenvalue weighted by Gasteiger charge is -2.26. The Balaban J connectivity index is 3.16. The van der Waals surface area contributed by atoms with E-state index in [4.69, 9.17) is 10.8 Å². The van der Waals surface area contributed by atoms with Crippen molar-refractivity contribution < 1.29 is 39.3 Å². The zero-order chi connectivity index (χ0) is 28.1. The van der Waals surface area contributed by atoms with Gasteiger partial charge in [-0.1, -0.05) is 32.4 Å². The molecule has 0 heterocycles. The van der Waals surface area contributed by atoms with E-state index in [0.29, 0.717) is 17.7 Å². The minimum Gasteiger partial charge on any atom is -0.508 e. The van der Waals surface area contributed by atoms with Gasteiger partial charge in [-0.05, 0) is 42.0 Å². The number of nitrogens with two attached hydrogens (primary N) is 1. The number of thioether (sulfide) groups is 1. The first kappa shape index (κ1) is 31.7. The number of nitrogens with one attached hydrogen (secondary N) is 3. The molecule has 0 fully saturated rings. The minimum atomic E-state index is -1.72. The first-order chi connectivity index (χ1) is 17.4. The summed E-state index contributed by atoms with van der Waals surface area (Å²) in [5.41, 5.74) is 6.53. The number of carboxylic acid groups (broad SMARTS) is 2. The van der Waals surface area contributed by atoms with E-state index in [1.165, 1.54) is 36.0 Å². The summed E-state index contributed by atoms with van der Waals surface area (Å²) >= 11 is 1.45. The Morgan fingerprint density at radius 2 is 1.46 bits per heavy atom. The average Bonchev–Trinajstić information content (AvgIpc) is 2.85. The van der Waals surface area contributed by atoms with Crippen molar-refractivity contribution in [1.82, 2.24) is 16.0 Å². The lowest BCUT2D eigenvalue weighted by molar-refractivity contribution is -0.147. The number of carboxylic acids is 2. The van der Waals surface area contributed by atoms with Crippen LogP contribution in [0, 0.1) is 5.92 Å². The van der Waals surface area contributed by atoms with E-state index in [0.717, 1.165) is 0 Å².